The number of rotatable bonds is 10. The van der Waals surface area contributed by atoms with Crippen molar-refractivity contribution in [3.63, 3.8) is 0 Å². The van der Waals surface area contributed by atoms with Gasteiger partial charge in [0.1, 0.15) is 5.75 Å². The summed E-state index contributed by atoms with van der Waals surface area (Å²) in [5, 5.41) is 8.19. The maximum atomic E-state index is 12.5. The third kappa shape index (κ3) is 7.51. The fraction of sp³-hybridized carbons (Fsp3) is 0.634. The molecule has 2 atom stereocenters. The van der Waals surface area contributed by atoms with Gasteiger partial charge in [0, 0.05) is 56.8 Å². The van der Waals surface area contributed by atoms with Crippen LogP contribution in [0, 0.1) is 12.8 Å². The molecule has 0 bridgehead atoms. The van der Waals surface area contributed by atoms with Gasteiger partial charge in [0.05, 0.1) is 34.4 Å². The summed E-state index contributed by atoms with van der Waals surface area (Å²) in [5.41, 5.74) is 4.45. The number of hydrogen-bond donors (Lipinski definition) is 1. The molecule has 4 heterocycles. The number of amides is 2. The van der Waals surface area contributed by atoms with Gasteiger partial charge in [0.2, 0.25) is 11.8 Å². The summed E-state index contributed by atoms with van der Waals surface area (Å²) in [7, 11) is 1.56. The Kier molecular flexibility index (Phi) is 10.5. The van der Waals surface area contributed by atoms with Crippen molar-refractivity contribution in [2.45, 2.75) is 129 Å². The lowest BCUT2D eigenvalue weighted by Crippen LogP contribution is -2.49. The van der Waals surface area contributed by atoms with Crippen molar-refractivity contribution in [2.75, 3.05) is 31.1 Å². The molecule has 52 heavy (non-hydrogen) atoms. The van der Waals surface area contributed by atoms with Gasteiger partial charge >= 0.3 is 7.12 Å². The number of aromatic nitrogens is 2. The van der Waals surface area contributed by atoms with E-state index in [9.17, 15) is 9.59 Å². The van der Waals surface area contributed by atoms with Crippen LogP contribution < -0.4 is 20.4 Å². The average Bonchev–Trinajstić information content (AvgIpc) is 3.55. The van der Waals surface area contributed by atoms with E-state index < -0.39 is 0 Å². The van der Waals surface area contributed by atoms with Crippen LogP contribution in [0.15, 0.2) is 36.4 Å². The standard InChI is InChI=1S/C41H58BN5O5/c1-27(46-22-24-47(25-23-46)30-16-19-32-35(26-30)45(7)44-38(32)33-20-21-37(48)43-39(33)49)10-8-11-29-14-17-31(18-15-29)50-36-13-9-12-34(28(36)2)42-51-40(3,4)41(5,6)52-42/h9,12-13,16,19,26-27,29,31,33H,8,10-11,14-15,17-18,20-25H2,1-7H3,(H,43,48,49)/t27-,29?,31?,33?/m0/s1. The summed E-state index contributed by atoms with van der Waals surface area (Å²) < 4.78 is 21.2. The van der Waals surface area contributed by atoms with Crippen molar-refractivity contribution >= 4 is 41.0 Å². The molecule has 4 fully saturated rings. The number of carbonyl (C=O) groups excluding carboxylic acids is 2. The molecule has 1 aromatic heterocycles. The zero-order chi connectivity index (χ0) is 36.8. The molecule has 280 valence electrons. The second-order valence-electron chi connectivity index (χ2n) is 16.8. The van der Waals surface area contributed by atoms with Crippen LogP contribution in [0.4, 0.5) is 5.69 Å². The van der Waals surface area contributed by atoms with Crippen molar-refractivity contribution in [1.82, 2.24) is 20.0 Å². The number of fused-ring (bicyclic) bond motifs is 1. The zero-order valence-electron chi connectivity index (χ0n) is 32.4. The Morgan fingerprint density at radius 3 is 2.38 bits per heavy atom. The fourth-order valence-corrected chi connectivity index (χ4v) is 8.69. The van der Waals surface area contributed by atoms with Crippen LogP contribution in [0.3, 0.4) is 0 Å². The van der Waals surface area contributed by atoms with Gasteiger partial charge in [-0.15, -0.1) is 0 Å². The van der Waals surface area contributed by atoms with E-state index in [-0.39, 0.29) is 42.2 Å². The number of carbonyl (C=O) groups is 2. The first-order valence-corrected chi connectivity index (χ1v) is 19.7. The van der Waals surface area contributed by atoms with Crippen LogP contribution in [0.5, 0.6) is 5.75 Å². The Morgan fingerprint density at radius 2 is 1.69 bits per heavy atom. The highest BCUT2D eigenvalue weighted by molar-refractivity contribution is 6.62. The number of hydrogen-bond acceptors (Lipinski definition) is 8. The van der Waals surface area contributed by atoms with E-state index in [1.807, 2.05) is 11.7 Å². The smallest absolute Gasteiger partial charge is 0.490 e. The largest absolute Gasteiger partial charge is 0.495 e. The fourth-order valence-electron chi connectivity index (χ4n) is 8.69. The molecule has 1 unspecified atom stereocenters. The summed E-state index contributed by atoms with van der Waals surface area (Å²) in [5.74, 6) is 0.930. The molecule has 0 spiro atoms. The molecule has 4 aliphatic rings. The molecular weight excluding hydrogens is 653 g/mol. The summed E-state index contributed by atoms with van der Waals surface area (Å²) in [6.07, 6.45) is 9.67. The SMILES string of the molecule is Cc1c(OC2CCC(CCC[C@H](C)N3CCN(c4ccc5c(C6CCC(=O)NC6=O)nn(C)c5c4)CC3)CC2)cccc1B1OC(C)(C)C(C)(C)O1. The second-order valence-corrected chi connectivity index (χ2v) is 16.8. The molecule has 7 rings (SSSR count). The number of piperazine rings is 1. The highest BCUT2D eigenvalue weighted by atomic mass is 16.7. The number of nitrogens with zero attached hydrogens (tertiary/aromatic N) is 4. The molecule has 3 saturated heterocycles. The lowest BCUT2D eigenvalue weighted by Gasteiger charge is -2.39. The van der Waals surface area contributed by atoms with Crippen LogP contribution in [-0.4, -0.2) is 83.1 Å². The number of benzene rings is 2. The first-order valence-electron chi connectivity index (χ1n) is 19.7. The monoisotopic (exact) mass is 711 g/mol. The molecule has 1 N–H and O–H groups in total. The summed E-state index contributed by atoms with van der Waals surface area (Å²) in [4.78, 5) is 29.3. The Labute approximate surface area is 310 Å². The maximum absolute atomic E-state index is 12.5. The number of aryl methyl sites for hydroxylation is 1. The Hall–Kier alpha value is -3.41. The molecule has 2 aromatic carbocycles. The van der Waals surface area contributed by atoms with E-state index in [2.05, 4.69) is 93.1 Å². The predicted octanol–water partition coefficient (Wildman–Crippen LogP) is 6.02. The summed E-state index contributed by atoms with van der Waals surface area (Å²) in [6.45, 7) is 17.0. The second kappa shape index (κ2) is 14.8. The van der Waals surface area contributed by atoms with Crippen molar-refractivity contribution in [3.8, 4) is 5.75 Å². The quantitative estimate of drug-likeness (QED) is 0.202. The van der Waals surface area contributed by atoms with E-state index >= 15 is 0 Å². The predicted molar refractivity (Wildman–Crippen MR) is 206 cm³/mol. The minimum Gasteiger partial charge on any atom is -0.490 e. The van der Waals surface area contributed by atoms with Crippen molar-refractivity contribution in [1.29, 1.82) is 0 Å². The summed E-state index contributed by atoms with van der Waals surface area (Å²) in [6, 6.07) is 13.3. The first-order chi connectivity index (χ1) is 24.8. The molecule has 3 aromatic rings. The van der Waals surface area contributed by atoms with Crippen LogP contribution >= 0.6 is 0 Å². The third-order valence-electron chi connectivity index (χ3n) is 12.9. The molecule has 1 saturated carbocycles. The number of piperidine rings is 1. The Bertz CT molecular complexity index is 1760. The van der Waals surface area contributed by atoms with Crippen LogP contribution in [0.25, 0.3) is 10.9 Å². The van der Waals surface area contributed by atoms with Gasteiger partial charge in [-0.1, -0.05) is 25.0 Å². The lowest BCUT2D eigenvalue weighted by molar-refractivity contribution is -0.134. The number of ether oxygens (including phenoxy) is 1. The number of imide groups is 1. The van der Waals surface area contributed by atoms with E-state index in [4.69, 9.17) is 19.1 Å². The Morgan fingerprint density at radius 1 is 0.981 bits per heavy atom. The molecule has 3 aliphatic heterocycles. The van der Waals surface area contributed by atoms with Gasteiger partial charge in [-0.05, 0) is 121 Å². The third-order valence-corrected chi connectivity index (χ3v) is 12.9. The molecule has 0 radical (unpaired) electrons. The molecule has 1 aliphatic carbocycles. The minimum atomic E-state index is -0.381. The van der Waals surface area contributed by atoms with Crippen molar-refractivity contribution in [2.24, 2.45) is 13.0 Å². The molecule has 10 nitrogen and oxygen atoms in total. The van der Waals surface area contributed by atoms with E-state index in [0.717, 1.165) is 78.3 Å². The average molecular weight is 712 g/mol. The summed E-state index contributed by atoms with van der Waals surface area (Å²) >= 11 is 0. The van der Waals surface area contributed by atoms with Gasteiger partial charge in [-0.3, -0.25) is 24.5 Å². The van der Waals surface area contributed by atoms with Crippen molar-refractivity contribution in [3.05, 3.63) is 47.7 Å². The van der Waals surface area contributed by atoms with Crippen LogP contribution in [0.2, 0.25) is 0 Å². The first kappa shape index (κ1) is 36.9. The van der Waals surface area contributed by atoms with E-state index in [0.29, 0.717) is 18.9 Å². The minimum absolute atomic E-state index is 0.199. The van der Waals surface area contributed by atoms with E-state index in [1.54, 1.807) is 0 Å². The van der Waals surface area contributed by atoms with Gasteiger partial charge in [0.15, 0.2) is 0 Å². The number of nitrogens with one attached hydrogen (secondary N) is 1. The van der Waals surface area contributed by atoms with E-state index in [1.165, 1.54) is 37.8 Å². The topological polar surface area (TPSA) is 98.2 Å². The van der Waals surface area contributed by atoms with Gasteiger partial charge < -0.3 is 18.9 Å². The lowest BCUT2D eigenvalue weighted by atomic mass is 9.76. The Balaban J connectivity index is 0.838. The van der Waals surface area contributed by atoms with Gasteiger partial charge in [0.25, 0.3) is 0 Å². The number of anilines is 1. The maximum Gasteiger partial charge on any atom is 0.495 e. The molecule has 11 heteroatoms. The van der Waals surface area contributed by atoms with Crippen LogP contribution in [0.1, 0.15) is 110 Å². The highest BCUT2D eigenvalue weighted by Gasteiger charge is 2.52. The molecule has 2 amide bonds. The highest BCUT2D eigenvalue weighted by Crippen LogP contribution is 2.38. The van der Waals surface area contributed by atoms with Gasteiger partial charge in [-0.25, -0.2) is 0 Å². The zero-order valence-corrected chi connectivity index (χ0v) is 32.4. The normalized spacial score (nSPS) is 25.8. The van der Waals surface area contributed by atoms with Crippen LogP contribution in [-0.2, 0) is 25.9 Å². The van der Waals surface area contributed by atoms with Crippen molar-refractivity contribution < 1.29 is 23.6 Å². The molecular formula is C41H58BN5O5. The van der Waals surface area contributed by atoms with Gasteiger partial charge in [-0.2, -0.15) is 5.10 Å².